The van der Waals surface area contributed by atoms with Gasteiger partial charge in [-0.15, -0.1) is 0 Å². The van der Waals surface area contributed by atoms with E-state index < -0.39 is 0 Å². The molecule has 0 amide bonds. The van der Waals surface area contributed by atoms with Crippen LogP contribution in [0.3, 0.4) is 0 Å². The van der Waals surface area contributed by atoms with Crippen molar-refractivity contribution in [1.82, 2.24) is 4.98 Å². The SMILES string of the molecule is NCc1cccc(Oc2ccnc3ccccc23)c1. The van der Waals surface area contributed by atoms with Crippen LogP contribution in [-0.4, -0.2) is 4.98 Å². The number of aromatic nitrogens is 1. The lowest BCUT2D eigenvalue weighted by Gasteiger charge is -2.09. The molecule has 0 atom stereocenters. The first-order chi connectivity index (χ1) is 9.36. The van der Waals surface area contributed by atoms with E-state index in [4.69, 9.17) is 10.5 Å². The van der Waals surface area contributed by atoms with Crippen LogP contribution in [0.1, 0.15) is 5.56 Å². The minimum atomic E-state index is 0.508. The van der Waals surface area contributed by atoms with Gasteiger partial charge >= 0.3 is 0 Å². The summed E-state index contributed by atoms with van der Waals surface area (Å²) in [5.41, 5.74) is 7.61. The predicted molar refractivity (Wildman–Crippen MR) is 76.2 cm³/mol. The van der Waals surface area contributed by atoms with Gasteiger partial charge in [0.05, 0.1) is 5.52 Å². The van der Waals surface area contributed by atoms with E-state index in [0.717, 1.165) is 28.0 Å². The third-order valence-electron chi connectivity index (χ3n) is 2.97. The Bertz CT molecular complexity index is 704. The molecular formula is C16H14N2O. The van der Waals surface area contributed by atoms with E-state index in [1.54, 1.807) is 6.20 Å². The topological polar surface area (TPSA) is 48.1 Å². The molecule has 94 valence electrons. The normalized spacial score (nSPS) is 10.6. The van der Waals surface area contributed by atoms with Gasteiger partial charge in [-0.2, -0.15) is 0 Å². The lowest BCUT2D eigenvalue weighted by molar-refractivity contribution is 0.487. The van der Waals surface area contributed by atoms with Gasteiger partial charge in [-0.25, -0.2) is 0 Å². The quantitative estimate of drug-likeness (QED) is 0.774. The van der Waals surface area contributed by atoms with Crippen LogP contribution in [-0.2, 0) is 6.54 Å². The molecule has 0 saturated heterocycles. The Hall–Kier alpha value is -2.39. The fourth-order valence-electron chi connectivity index (χ4n) is 2.02. The summed E-state index contributed by atoms with van der Waals surface area (Å²) in [4.78, 5) is 4.32. The van der Waals surface area contributed by atoms with Gasteiger partial charge in [0.2, 0.25) is 0 Å². The van der Waals surface area contributed by atoms with Crippen LogP contribution < -0.4 is 10.5 Å². The van der Waals surface area contributed by atoms with Crippen molar-refractivity contribution in [3.05, 3.63) is 66.4 Å². The second kappa shape index (κ2) is 5.08. The molecule has 1 heterocycles. The fraction of sp³-hybridized carbons (Fsp3) is 0.0625. The van der Waals surface area contributed by atoms with Crippen LogP contribution in [0.15, 0.2) is 60.8 Å². The minimum Gasteiger partial charge on any atom is -0.457 e. The van der Waals surface area contributed by atoms with Crippen LogP contribution in [0.4, 0.5) is 0 Å². The molecular weight excluding hydrogens is 236 g/mol. The molecule has 0 saturated carbocycles. The summed E-state index contributed by atoms with van der Waals surface area (Å²) in [6.07, 6.45) is 1.75. The van der Waals surface area contributed by atoms with Gasteiger partial charge in [0.15, 0.2) is 0 Å². The third-order valence-corrected chi connectivity index (χ3v) is 2.97. The zero-order chi connectivity index (χ0) is 13.1. The summed E-state index contributed by atoms with van der Waals surface area (Å²) in [7, 11) is 0. The minimum absolute atomic E-state index is 0.508. The predicted octanol–water partition coefficient (Wildman–Crippen LogP) is 3.49. The van der Waals surface area contributed by atoms with Gasteiger partial charge in [0.25, 0.3) is 0 Å². The Morgan fingerprint density at radius 2 is 1.89 bits per heavy atom. The first-order valence-corrected chi connectivity index (χ1v) is 6.17. The van der Waals surface area contributed by atoms with E-state index in [0.29, 0.717) is 6.54 Å². The van der Waals surface area contributed by atoms with Gasteiger partial charge in [-0.1, -0.05) is 24.3 Å². The highest BCUT2D eigenvalue weighted by molar-refractivity contribution is 5.84. The van der Waals surface area contributed by atoms with Crippen molar-refractivity contribution in [2.24, 2.45) is 5.73 Å². The number of rotatable bonds is 3. The number of hydrogen-bond acceptors (Lipinski definition) is 3. The summed E-state index contributed by atoms with van der Waals surface area (Å²) >= 11 is 0. The second-order valence-corrected chi connectivity index (χ2v) is 4.28. The van der Waals surface area contributed by atoms with Crippen molar-refractivity contribution in [3.63, 3.8) is 0 Å². The van der Waals surface area contributed by atoms with Crippen molar-refractivity contribution >= 4 is 10.9 Å². The summed E-state index contributed by atoms with van der Waals surface area (Å²) in [6.45, 7) is 0.508. The van der Waals surface area contributed by atoms with Crippen LogP contribution in [0.5, 0.6) is 11.5 Å². The summed E-state index contributed by atoms with van der Waals surface area (Å²) in [6, 6.07) is 17.6. The smallest absolute Gasteiger partial charge is 0.138 e. The summed E-state index contributed by atoms with van der Waals surface area (Å²) in [5, 5.41) is 1.00. The zero-order valence-corrected chi connectivity index (χ0v) is 10.4. The lowest BCUT2D eigenvalue weighted by Crippen LogP contribution is -1.96. The third kappa shape index (κ3) is 2.41. The molecule has 3 heteroatoms. The molecule has 0 bridgehead atoms. The van der Waals surface area contributed by atoms with Crippen LogP contribution >= 0.6 is 0 Å². The molecule has 0 aliphatic carbocycles. The van der Waals surface area contributed by atoms with E-state index in [9.17, 15) is 0 Å². The Morgan fingerprint density at radius 3 is 2.79 bits per heavy atom. The molecule has 0 fully saturated rings. The van der Waals surface area contributed by atoms with Crippen molar-refractivity contribution in [1.29, 1.82) is 0 Å². The lowest BCUT2D eigenvalue weighted by atomic mass is 10.2. The molecule has 3 aromatic rings. The van der Waals surface area contributed by atoms with Crippen LogP contribution in [0.2, 0.25) is 0 Å². The molecule has 2 N–H and O–H groups in total. The van der Waals surface area contributed by atoms with E-state index in [1.807, 2.05) is 54.6 Å². The maximum absolute atomic E-state index is 5.94. The first-order valence-electron chi connectivity index (χ1n) is 6.17. The molecule has 1 aromatic heterocycles. The molecule has 0 spiro atoms. The van der Waals surface area contributed by atoms with Crippen LogP contribution in [0, 0.1) is 0 Å². The van der Waals surface area contributed by atoms with Crippen molar-refractivity contribution in [2.45, 2.75) is 6.54 Å². The summed E-state index contributed by atoms with van der Waals surface area (Å²) < 4.78 is 5.94. The number of ether oxygens (including phenoxy) is 1. The van der Waals surface area contributed by atoms with Crippen molar-refractivity contribution < 1.29 is 4.74 Å². The monoisotopic (exact) mass is 250 g/mol. The van der Waals surface area contributed by atoms with Crippen molar-refractivity contribution in [3.8, 4) is 11.5 Å². The second-order valence-electron chi connectivity index (χ2n) is 4.28. The number of nitrogens with two attached hydrogens (primary N) is 1. The van der Waals surface area contributed by atoms with E-state index >= 15 is 0 Å². The van der Waals surface area contributed by atoms with Crippen LogP contribution in [0.25, 0.3) is 10.9 Å². The molecule has 0 aliphatic rings. The van der Waals surface area contributed by atoms with Gasteiger partial charge in [0.1, 0.15) is 11.5 Å². The highest BCUT2D eigenvalue weighted by atomic mass is 16.5. The highest BCUT2D eigenvalue weighted by Crippen LogP contribution is 2.28. The molecule has 3 nitrogen and oxygen atoms in total. The van der Waals surface area contributed by atoms with Gasteiger partial charge in [-0.3, -0.25) is 4.98 Å². The Labute approximate surface area is 111 Å². The van der Waals surface area contributed by atoms with E-state index in [-0.39, 0.29) is 0 Å². The number of hydrogen-bond donors (Lipinski definition) is 1. The van der Waals surface area contributed by atoms with Crippen molar-refractivity contribution in [2.75, 3.05) is 0 Å². The first kappa shape index (κ1) is 11.7. The molecule has 0 aliphatic heterocycles. The standard InChI is InChI=1S/C16H14N2O/c17-11-12-4-3-5-13(10-12)19-16-8-9-18-15-7-2-1-6-14(15)16/h1-10H,11,17H2. The average Bonchev–Trinajstić information content (AvgIpc) is 2.48. The number of para-hydroxylation sites is 1. The van der Waals surface area contributed by atoms with E-state index in [2.05, 4.69) is 4.98 Å². The maximum Gasteiger partial charge on any atom is 0.138 e. The Morgan fingerprint density at radius 1 is 1.00 bits per heavy atom. The summed E-state index contributed by atoms with van der Waals surface area (Å²) in [5.74, 6) is 1.60. The van der Waals surface area contributed by atoms with Gasteiger partial charge < -0.3 is 10.5 Å². The van der Waals surface area contributed by atoms with Gasteiger partial charge in [-0.05, 0) is 35.9 Å². The zero-order valence-electron chi connectivity index (χ0n) is 10.4. The Kier molecular flexibility index (Phi) is 3.12. The molecule has 19 heavy (non-hydrogen) atoms. The average molecular weight is 250 g/mol. The van der Waals surface area contributed by atoms with E-state index in [1.165, 1.54) is 0 Å². The largest absolute Gasteiger partial charge is 0.457 e. The highest BCUT2D eigenvalue weighted by Gasteiger charge is 2.04. The molecule has 0 unspecified atom stereocenters. The maximum atomic E-state index is 5.94. The number of fused-ring (bicyclic) bond motifs is 1. The molecule has 0 radical (unpaired) electrons. The number of pyridine rings is 1. The molecule has 2 aromatic carbocycles. The Balaban J connectivity index is 2.01. The fourth-order valence-corrected chi connectivity index (χ4v) is 2.02. The molecule has 3 rings (SSSR count). The number of benzene rings is 2. The van der Waals surface area contributed by atoms with Gasteiger partial charge in [0, 0.05) is 18.1 Å². The number of nitrogens with zero attached hydrogens (tertiary/aromatic N) is 1.